The summed E-state index contributed by atoms with van der Waals surface area (Å²) in [5.74, 6) is 1.37. The molecule has 2 atom stereocenters. The molecule has 0 aliphatic heterocycles. The Bertz CT molecular complexity index is 519. The number of benzene rings is 2. The molecular weight excluding hydrogens is 260 g/mol. The predicted octanol–water partition coefficient (Wildman–Crippen LogP) is 4.74. The summed E-state index contributed by atoms with van der Waals surface area (Å²) < 4.78 is 5.75. The van der Waals surface area contributed by atoms with E-state index in [0.717, 1.165) is 29.7 Å². The van der Waals surface area contributed by atoms with Crippen LogP contribution in [0.1, 0.15) is 43.9 Å². The van der Waals surface area contributed by atoms with Crippen LogP contribution in [0.4, 0.5) is 0 Å². The maximum Gasteiger partial charge on any atom is 0.119 e. The summed E-state index contributed by atoms with van der Waals surface area (Å²) in [4.78, 5) is 0. The summed E-state index contributed by atoms with van der Waals surface area (Å²) in [6, 6.07) is 17.9. The molecule has 2 aromatic carbocycles. The molecule has 112 valence electrons. The molecule has 0 amide bonds. The quantitative estimate of drug-likeness (QED) is 0.796. The zero-order chi connectivity index (χ0) is 15.1. The normalized spacial score (nSPS) is 13.7. The van der Waals surface area contributed by atoms with Gasteiger partial charge in [-0.1, -0.05) is 62.7 Å². The van der Waals surface area contributed by atoms with Gasteiger partial charge in [0.1, 0.15) is 12.4 Å². The van der Waals surface area contributed by atoms with Crippen molar-refractivity contribution in [1.82, 2.24) is 0 Å². The minimum Gasteiger partial charge on any atom is -0.489 e. The average Bonchev–Trinajstić information content (AvgIpc) is 2.54. The molecule has 0 spiro atoms. The molecule has 0 saturated carbocycles. The standard InChI is InChI=1S/C19H24O2/c1-3-15(2)13-19(20)17-9-11-18(12-10-17)21-14-16-7-5-4-6-8-16/h4-12,15,19-20H,3,13-14H2,1-2H3. The topological polar surface area (TPSA) is 29.5 Å². The van der Waals surface area contributed by atoms with Gasteiger partial charge in [-0.3, -0.25) is 0 Å². The van der Waals surface area contributed by atoms with Crippen molar-refractivity contribution in [3.8, 4) is 5.75 Å². The van der Waals surface area contributed by atoms with E-state index in [-0.39, 0.29) is 6.10 Å². The summed E-state index contributed by atoms with van der Waals surface area (Å²) in [5.41, 5.74) is 2.11. The highest BCUT2D eigenvalue weighted by Crippen LogP contribution is 2.24. The van der Waals surface area contributed by atoms with E-state index in [0.29, 0.717) is 12.5 Å². The van der Waals surface area contributed by atoms with Crippen LogP contribution < -0.4 is 4.74 Å². The van der Waals surface area contributed by atoms with Crippen LogP contribution in [0.5, 0.6) is 5.75 Å². The van der Waals surface area contributed by atoms with Crippen LogP contribution in [0.2, 0.25) is 0 Å². The SMILES string of the molecule is CCC(C)CC(O)c1ccc(OCc2ccccc2)cc1. The van der Waals surface area contributed by atoms with Gasteiger partial charge in [-0.05, 0) is 35.6 Å². The lowest BCUT2D eigenvalue weighted by Crippen LogP contribution is -2.03. The van der Waals surface area contributed by atoms with Crippen molar-refractivity contribution >= 4 is 0 Å². The highest BCUT2D eigenvalue weighted by Gasteiger charge is 2.11. The van der Waals surface area contributed by atoms with Gasteiger partial charge in [-0.25, -0.2) is 0 Å². The monoisotopic (exact) mass is 284 g/mol. The van der Waals surface area contributed by atoms with E-state index in [1.54, 1.807) is 0 Å². The molecule has 0 aliphatic carbocycles. The maximum absolute atomic E-state index is 10.2. The van der Waals surface area contributed by atoms with Gasteiger partial charge in [0.2, 0.25) is 0 Å². The molecule has 2 nitrogen and oxygen atoms in total. The van der Waals surface area contributed by atoms with Gasteiger partial charge < -0.3 is 9.84 Å². The van der Waals surface area contributed by atoms with Crippen molar-refractivity contribution in [2.75, 3.05) is 0 Å². The van der Waals surface area contributed by atoms with Gasteiger partial charge in [0.15, 0.2) is 0 Å². The van der Waals surface area contributed by atoms with Crippen LogP contribution in [0.25, 0.3) is 0 Å². The van der Waals surface area contributed by atoms with Crippen LogP contribution in [0, 0.1) is 5.92 Å². The van der Waals surface area contributed by atoms with Crippen molar-refractivity contribution in [1.29, 1.82) is 0 Å². The maximum atomic E-state index is 10.2. The second-order valence-corrected chi connectivity index (χ2v) is 5.61. The highest BCUT2D eigenvalue weighted by atomic mass is 16.5. The Morgan fingerprint density at radius 3 is 2.29 bits per heavy atom. The first-order chi connectivity index (χ1) is 10.2. The molecular formula is C19H24O2. The Kier molecular flexibility index (Phi) is 5.82. The van der Waals surface area contributed by atoms with Gasteiger partial charge in [0.05, 0.1) is 6.10 Å². The van der Waals surface area contributed by atoms with Crippen LogP contribution in [-0.2, 0) is 6.61 Å². The number of rotatable bonds is 7. The molecule has 0 aromatic heterocycles. The molecule has 0 bridgehead atoms. The lowest BCUT2D eigenvalue weighted by molar-refractivity contribution is 0.146. The molecule has 0 fully saturated rings. The fraction of sp³-hybridized carbons (Fsp3) is 0.368. The van der Waals surface area contributed by atoms with E-state index in [9.17, 15) is 5.11 Å². The van der Waals surface area contributed by atoms with E-state index in [1.165, 1.54) is 0 Å². The Balaban J connectivity index is 1.89. The Morgan fingerprint density at radius 1 is 1.00 bits per heavy atom. The average molecular weight is 284 g/mol. The van der Waals surface area contributed by atoms with Crippen LogP contribution in [-0.4, -0.2) is 5.11 Å². The van der Waals surface area contributed by atoms with Crippen molar-refractivity contribution < 1.29 is 9.84 Å². The van der Waals surface area contributed by atoms with E-state index in [1.807, 2.05) is 54.6 Å². The lowest BCUT2D eigenvalue weighted by atomic mass is 9.96. The minimum atomic E-state index is -0.386. The minimum absolute atomic E-state index is 0.386. The zero-order valence-electron chi connectivity index (χ0n) is 12.8. The van der Waals surface area contributed by atoms with Crippen molar-refractivity contribution in [2.45, 2.75) is 39.4 Å². The Morgan fingerprint density at radius 2 is 1.67 bits per heavy atom. The summed E-state index contributed by atoms with van der Waals surface area (Å²) in [6.07, 6.45) is 1.51. The van der Waals surface area contributed by atoms with Gasteiger partial charge in [-0.2, -0.15) is 0 Å². The third kappa shape index (κ3) is 4.91. The number of aliphatic hydroxyl groups excluding tert-OH is 1. The van der Waals surface area contributed by atoms with Gasteiger partial charge in [-0.15, -0.1) is 0 Å². The molecule has 0 radical (unpaired) electrons. The van der Waals surface area contributed by atoms with Crippen molar-refractivity contribution in [3.63, 3.8) is 0 Å². The van der Waals surface area contributed by atoms with E-state index in [2.05, 4.69) is 13.8 Å². The molecule has 1 N–H and O–H groups in total. The highest BCUT2D eigenvalue weighted by molar-refractivity contribution is 5.29. The molecule has 2 aromatic rings. The molecule has 2 unspecified atom stereocenters. The molecule has 2 heteroatoms. The number of hydrogen-bond donors (Lipinski definition) is 1. The smallest absolute Gasteiger partial charge is 0.119 e. The summed E-state index contributed by atoms with van der Waals surface area (Å²) in [5, 5.41) is 10.2. The first-order valence-corrected chi connectivity index (χ1v) is 7.63. The summed E-state index contributed by atoms with van der Waals surface area (Å²) in [7, 11) is 0. The molecule has 0 aliphatic rings. The number of hydrogen-bond acceptors (Lipinski definition) is 2. The lowest BCUT2D eigenvalue weighted by Gasteiger charge is -2.15. The fourth-order valence-corrected chi connectivity index (χ4v) is 2.21. The van der Waals surface area contributed by atoms with E-state index in [4.69, 9.17) is 4.74 Å². The third-order valence-electron chi connectivity index (χ3n) is 3.84. The predicted molar refractivity (Wildman–Crippen MR) is 86.2 cm³/mol. The van der Waals surface area contributed by atoms with Gasteiger partial charge >= 0.3 is 0 Å². The Labute approximate surface area is 127 Å². The molecule has 0 saturated heterocycles. The first-order valence-electron chi connectivity index (χ1n) is 7.63. The molecule has 0 heterocycles. The fourth-order valence-electron chi connectivity index (χ4n) is 2.21. The van der Waals surface area contributed by atoms with Gasteiger partial charge in [0, 0.05) is 0 Å². The molecule has 2 rings (SSSR count). The molecule has 21 heavy (non-hydrogen) atoms. The first kappa shape index (κ1) is 15.6. The van der Waals surface area contributed by atoms with Crippen LogP contribution in [0.15, 0.2) is 54.6 Å². The van der Waals surface area contributed by atoms with E-state index < -0.39 is 0 Å². The van der Waals surface area contributed by atoms with E-state index >= 15 is 0 Å². The summed E-state index contributed by atoms with van der Waals surface area (Å²) >= 11 is 0. The van der Waals surface area contributed by atoms with Crippen LogP contribution in [0.3, 0.4) is 0 Å². The second-order valence-electron chi connectivity index (χ2n) is 5.61. The Hall–Kier alpha value is -1.80. The number of ether oxygens (including phenoxy) is 1. The van der Waals surface area contributed by atoms with Crippen molar-refractivity contribution in [3.05, 3.63) is 65.7 Å². The second kappa shape index (κ2) is 7.84. The number of aliphatic hydroxyl groups is 1. The third-order valence-corrected chi connectivity index (χ3v) is 3.84. The largest absolute Gasteiger partial charge is 0.489 e. The van der Waals surface area contributed by atoms with Gasteiger partial charge in [0.25, 0.3) is 0 Å². The zero-order valence-corrected chi connectivity index (χ0v) is 12.8. The summed E-state index contributed by atoms with van der Waals surface area (Å²) in [6.45, 7) is 4.88. The van der Waals surface area contributed by atoms with Crippen molar-refractivity contribution in [2.24, 2.45) is 5.92 Å². The van der Waals surface area contributed by atoms with Crippen LogP contribution >= 0.6 is 0 Å².